The smallest absolute Gasteiger partial charge is 0.258 e. The first-order valence-electron chi connectivity index (χ1n) is 13.3. The van der Waals surface area contributed by atoms with Crippen LogP contribution in [0.5, 0.6) is 0 Å². The number of benzene rings is 1. The lowest BCUT2D eigenvalue weighted by Gasteiger charge is -2.54. The number of nitrogens with one attached hydrogen (secondary N) is 2. The van der Waals surface area contributed by atoms with E-state index in [4.69, 9.17) is 4.98 Å². The molecule has 2 bridgehead atoms. The van der Waals surface area contributed by atoms with Crippen LogP contribution in [0.15, 0.2) is 54.0 Å². The van der Waals surface area contributed by atoms with Crippen molar-refractivity contribution in [2.24, 2.45) is 0 Å². The predicted molar refractivity (Wildman–Crippen MR) is 148 cm³/mol. The quantitative estimate of drug-likeness (QED) is 0.553. The fraction of sp³-hybridized carbons (Fsp3) is 0.483. The second-order valence-corrected chi connectivity index (χ2v) is 10.2. The highest BCUT2D eigenvalue weighted by Crippen LogP contribution is 2.64. The molecule has 1 saturated heterocycles. The van der Waals surface area contributed by atoms with Crippen LogP contribution in [0.1, 0.15) is 51.0 Å². The Balaban J connectivity index is 0.000000208. The molecule has 0 radical (unpaired) electrons. The highest BCUT2D eigenvalue weighted by atomic mass is 19.1. The SMILES string of the molecule is C=C(NC)c1ccc(F)cn1.CC.CN1CCN(C23CCC(c4nc5ccccc5c(=O)[nH]4)(C2)C3)CC1. The number of hydrogen-bond donors (Lipinski definition) is 2. The summed E-state index contributed by atoms with van der Waals surface area (Å²) < 4.78 is 12.3. The number of fused-ring (bicyclic) bond motifs is 2. The van der Waals surface area contributed by atoms with Crippen molar-refractivity contribution in [1.29, 1.82) is 0 Å². The van der Waals surface area contributed by atoms with Gasteiger partial charge in [0.25, 0.3) is 5.56 Å². The van der Waals surface area contributed by atoms with E-state index >= 15 is 0 Å². The Labute approximate surface area is 218 Å². The Hall–Kier alpha value is -3.10. The second kappa shape index (κ2) is 11.1. The zero-order valence-corrected chi connectivity index (χ0v) is 22.5. The molecule has 2 N–H and O–H groups in total. The van der Waals surface area contributed by atoms with Gasteiger partial charge in [-0.25, -0.2) is 9.37 Å². The molecule has 1 aromatic carbocycles. The van der Waals surface area contributed by atoms with Gasteiger partial charge in [-0.05, 0) is 57.0 Å². The van der Waals surface area contributed by atoms with Gasteiger partial charge in [-0.1, -0.05) is 32.6 Å². The third-order valence-electron chi connectivity index (χ3n) is 8.03. The fourth-order valence-corrected chi connectivity index (χ4v) is 6.00. The van der Waals surface area contributed by atoms with Crippen molar-refractivity contribution in [1.82, 2.24) is 30.1 Å². The minimum Gasteiger partial charge on any atom is -0.387 e. The van der Waals surface area contributed by atoms with Crippen LogP contribution in [-0.4, -0.2) is 70.6 Å². The molecule has 3 heterocycles. The number of hydrogen-bond acceptors (Lipinski definition) is 6. The zero-order valence-electron chi connectivity index (χ0n) is 22.5. The molecule has 4 aliphatic rings. The van der Waals surface area contributed by atoms with Crippen LogP contribution in [-0.2, 0) is 5.41 Å². The number of H-pyrrole nitrogens is 1. The Morgan fingerprint density at radius 1 is 1.08 bits per heavy atom. The Morgan fingerprint density at radius 2 is 1.78 bits per heavy atom. The van der Waals surface area contributed by atoms with Gasteiger partial charge in [-0.2, -0.15) is 0 Å². The van der Waals surface area contributed by atoms with E-state index in [1.54, 1.807) is 13.1 Å². The van der Waals surface area contributed by atoms with Crippen LogP contribution in [0.2, 0.25) is 0 Å². The lowest BCUT2D eigenvalue weighted by molar-refractivity contribution is -0.0187. The monoisotopic (exact) mass is 506 g/mol. The topological polar surface area (TPSA) is 77.2 Å². The largest absolute Gasteiger partial charge is 0.387 e. The van der Waals surface area contributed by atoms with Gasteiger partial charge >= 0.3 is 0 Å². The number of aromatic amines is 1. The third-order valence-corrected chi connectivity index (χ3v) is 8.03. The fourth-order valence-electron chi connectivity index (χ4n) is 6.00. The van der Waals surface area contributed by atoms with E-state index in [1.165, 1.54) is 38.7 Å². The van der Waals surface area contributed by atoms with Crippen molar-refractivity contribution < 1.29 is 4.39 Å². The number of rotatable bonds is 4. The summed E-state index contributed by atoms with van der Waals surface area (Å²) in [5.41, 5.74) is 2.65. The molecule has 0 unspecified atom stereocenters. The lowest BCUT2D eigenvalue weighted by atomic mass is 9.63. The zero-order chi connectivity index (χ0) is 26.6. The highest BCUT2D eigenvalue weighted by Gasteiger charge is 2.64. The van der Waals surface area contributed by atoms with Gasteiger partial charge in [0, 0.05) is 44.2 Å². The van der Waals surface area contributed by atoms with Gasteiger partial charge in [0.1, 0.15) is 11.6 Å². The first-order chi connectivity index (χ1) is 17.8. The highest BCUT2D eigenvalue weighted by molar-refractivity contribution is 5.77. The lowest BCUT2D eigenvalue weighted by Crippen LogP contribution is -2.62. The molecule has 37 heavy (non-hydrogen) atoms. The van der Waals surface area contributed by atoms with Crippen LogP contribution in [0.4, 0.5) is 4.39 Å². The van der Waals surface area contributed by atoms with E-state index in [2.05, 4.69) is 38.7 Å². The van der Waals surface area contributed by atoms with E-state index in [0.717, 1.165) is 36.8 Å². The Kier molecular flexibility index (Phi) is 8.09. The van der Waals surface area contributed by atoms with Crippen LogP contribution >= 0.6 is 0 Å². The van der Waals surface area contributed by atoms with Gasteiger partial charge in [0.05, 0.1) is 28.5 Å². The van der Waals surface area contributed by atoms with Crippen molar-refractivity contribution in [3.63, 3.8) is 0 Å². The number of pyridine rings is 1. The first kappa shape index (κ1) is 26.9. The molecule has 0 amide bonds. The second-order valence-electron chi connectivity index (χ2n) is 10.2. The molecule has 3 saturated carbocycles. The van der Waals surface area contributed by atoms with Gasteiger partial charge in [0.15, 0.2) is 0 Å². The number of halogens is 1. The van der Waals surface area contributed by atoms with Crippen LogP contribution in [0.25, 0.3) is 16.6 Å². The maximum Gasteiger partial charge on any atom is 0.258 e. The van der Waals surface area contributed by atoms with E-state index in [9.17, 15) is 9.18 Å². The summed E-state index contributed by atoms with van der Waals surface area (Å²) in [4.78, 5) is 29.3. The molecule has 0 atom stereocenters. The summed E-state index contributed by atoms with van der Waals surface area (Å²) in [7, 11) is 3.95. The van der Waals surface area contributed by atoms with E-state index in [0.29, 0.717) is 22.3 Å². The normalized spacial score (nSPS) is 24.8. The van der Waals surface area contributed by atoms with Crippen molar-refractivity contribution in [2.45, 2.75) is 50.5 Å². The Morgan fingerprint density at radius 3 is 2.43 bits per heavy atom. The molecule has 3 aromatic rings. The molecule has 3 aliphatic carbocycles. The standard InChI is InChI=1S/C19H24N4O.C8H9FN2.C2H6/c1-22-8-10-23(11-9-22)19-7-6-18(12-19,13-19)17-20-15-5-3-2-4-14(15)16(24)21-17;1-6(10-2)8-4-3-7(9)5-11-8;1-2/h2-5H,6-13H2,1H3,(H,20,21,24);3-5,10H,1H2,2H3;1-2H3. The average molecular weight is 507 g/mol. The van der Waals surface area contributed by atoms with E-state index in [-0.39, 0.29) is 16.8 Å². The number of aromatic nitrogens is 3. The number of para-hydroxylation sites is 1. The van der Waals surface area contributed by atoms with Gasteiger partial charge in [-0.3, -0.25) is 14.7 Å². The van der Waals surface area contributed by atoms with Crippen molar-refractivity contribution >= 4 is 16.6 Å². The van der Waals surface area contributed by atoms with Gasteiger partial charge in [0.2, 0.25) is 0 Å². The van der Waals surface area contributed by atoms with E-state index < -0.39 is 0 Å². The van der Waals surface area contributed by atoms with Crippen molar-refractivity contribution in [2.75, 3.05) is 40.3 Å². The molecule has 4 fully saturated rings. The maximum atomic E-state index is 12.4. The molecule has 7 nitrogen and oxygen atoms in total. The van der Waals surface area contributed by atoms with Crippen LogP contribution < -0.4 is 10.9 Å². The van der Waals surface area contributed by atoms with Crippen molar-refractivity contribution in [3.05, 3.63) is 76.9 Å². The van der Waals surface area contributed by atoms with E-state index in [1.807, 2.05) is 38.1 Å². The molecule has 2 aromatic heterocycles. The average Bonchev–Trinajstić information content (AvgIpc) is 3.49. The molecular formula is C29H39FN6O. The third kappa shape index (κ3) is 5.31. The summed E-state index contributed by atoms with van der Waals surface area (Å²) in [5.74, 6) is 0.589. The summed E-state index contributed by atoms with van der Waals surface area (Å²) in [6.07, 6.45) is 5.88. The molecule has 7 rings (SSSR count). The summed E-state index contributed by atoms with van der Waals surface area (Å²) in [6, 6.07) is 10.6. The summed E-state index contributed by atoms with van der Waals surface area (Å²) in [5, 5.41) is 3.52. The molecular weight excluding hydrogens is 467 g/mol. The minimum atomic E-state index is -0.336. The van der Waals surface area contributed by atoms with Crippen molar-refractivity contribution in [3.8, 4) is 0 Å². The van der Waals surface area contributed by atoms with Crippen LogP contribution in [0.3, 0.4) is 0 Å². The predicted octanol–water partition coefficient (Wildman–Crippen LogP) is 4.17. The molecule has 1 aliphatic heterocycles. The van der Waals surface area contributed by atoms with Gasteiger partial charge < -0.3 is 15.2 Å². The maximum absolute atomic E-state index is 12.4. The number of piperazine rings is 1. The number of nitrogens with zero attached hydrogens (tertiary/aromatic N) is 4. The number of likely N-dealkylation sites (N-methyl/N-ethyl adjacent to an activating group) is 1. The summed E-state index contributed by atoms with van der Waals surface area (Å²) in [6.45, 7) is 12.4. The molecule has 8 heteroatoms. The Bertz CT molecular complexity index is 1270. The van der Waals surface area contributed by atoms with Crippen LogP contribution in [0, 0.1) is 5.82 Å². The van der Waals surface area contributed by atoms with Gasteiger partial charge in [-0.15, -0.1) is 0 Å². The summed E-state index contributed by atoms with van der Waals surface area (Å²) >= 11 is 0. The molecule has 198 valence electrons. The minimum absolute atomic E-state index is 0.00831. The molecule has 0 spiro atoms. The first-order valence-corrected chi connectivity index (χ1v) is 13.3.